The summed E-state index contributed by atoms with van der Waals surface area (Å²) in [6.07, 6.45) is -1.16. The van der Waals surface area contributed by atoms with Gasteiger partial charge < -0.3 is 20.6 Å². The smallest absolute Gasteiger partial charge is 0.243 e. The van der Waals surface area contributed by atoms with Gasteiger partial charge in [-0.05, 0) is 61.2 Å². The first kappa shape index (κ1) is 30.6. The molecule has 0 radical (unpaired) electrons. The fourth-order valence-electron chi connectivity index (χ4n) is 6.68. The predicted molar refractivity (Wildman–Crippen MR) is 159 cm³/mol. The summed E-state index contributed by atoms with van der Waals surface area (Å²) in [4.78, 5) is 22.2. The topological polar surface area (TPSA) is 123 Å². The molecule has 4 fully saturated rings. The highest BCUT2D eigenvalue weighted by molar-refractivity contribution is 7.89. The number of sulfonamides is 1. The van der Waals surface area contributed by atoms with Crippen LogP contribution in [0.4, 0.5) is 20.3 Å². The molecule has 1 amide bonds. The molecule has 43 heavy (non-hydrogen) atoms. The van der Waals surface area contributed by atoms with E-state index >= 15 is 8.78 Å². The summed E-state index contributed by atoms with van der Waals surface area (Å²) in [6, 6.07) is 9.24. The second-order valence-corrected chi connectivity index (χ2v) is 14.5. The summed E-state index contributed by atoms with van der Waals surface area (Å²) in [5, 5.41) is 9.73. The normalized spacial score (nSPS) is 29.7. The summed E-state index contributed by atoms with van der Waals surface area (Å²) in [5.74, 6) is 0.416. The number of amides is 1. The molecule has 234 valence electrons. The molecule has 2 aromatic rings. The molecule has 3 saturated heterocycles. The van der Waals surface area contributed by atoms with Gasteiger partial charge in [0, 0.05) is 76.4 Å². The van der Waals surface area contributed by atoms with Crippen LogP contribution in [0.25, 0.3) is 0 Å². The standard InChI is InChI=1S/C29H37ClF2N6O4S/c30-26-11-19(15-29(32)6-5-22(14-25(29)31)36-17-23(39)18-36)12-27(34-26)35-7-9-37(10-8-35)43(41,42)24-3-1-21(2-4-24)38-16-20(33)13-28(38)40/h1-4,11-12,20,22-23,25,39H,5-10,13-18,33H2/t20-,22-,25-,29-/m1/s1. The Balaban J connectivity index is 1.08. The van der Waals surface area contributed by atoms with Crippen LogP contribution in [-0.2, 0) is 21.2 Å². The number of piperazine rings is 1. The van der Waals surface area contributed by atoms with E-state index in [1.165, 1.54) is 16.4 Å². The number of halogens is 3. The van der Waals surface area contributed by atoms with Crippen molar-refractivity contribution in [1.82, 2.24) is 14.2 Å². The van der Waals surface area contributed by atoms with Crippen molar-refractivity contribution in [3.05, 3.63) is 47.1 Å². The number of aliphatic hydroxyl groups excluding tert-OH is 1. The van der Waals surface area contributed by atoms with Crippen LogP contribution in [0.3, 0.4) is 0 Å². The van der Waals surface area contributed by atoms with Crippen molar-refractivity contribution in [2.24, 2.45) is 5.73 Å². The van der Waals surface area contributed by atoms with Crippen LogP contribution in [0.15, 0.2) is 41.3 Å². The molecule has 14 heteroatoms. The summed E-state index contributed by atoms with van der Waals surface area (Å²) < 4.78 is 59.1. The molecule has 3 aliphatic heterocycles. The third kappa shape index (κ3) is 6.25. The molecule has 1 saturated carbocycles. The first-order chi connectivity index (χ1) is 20.4. The van der Waals surface area contributed by atoms with Crippen LogP contribution < -0.4 is 15.5 Å². The number of aliphatic hydroxyl groups is 1. The highest BCUT2D eigenvalue weighted by Gasteiger charge is 2.47. The number of alkyl halides is 2. The number of β-amino-alcohol motifs (C(OH)–C–C–N with tert-alkyl or cyclic N) is 1. The number of aromatic nitrogens is 1. The zero-order valence-electron chi connectivity index (χ0n) is 23.8. The van der Waals surface area contributed by atoms with Crippen LogP contribution in [0, 0.1) is 0 Å². The number of carbonyl (C=O) groups is 1. The average molecular weight is 639 g/mol. The molecule has 4 aliphatic rings. The van der Waals surface area contributed by atoms with E-state index in [0.717, 1.165) is 0 Å². The number of carbonyl (C=O) groups excluding carboxylic acids is 1. The van der Waals surface area contributed by atoms with Gasteiger partial charge in [0.25, 0.3) is 0 Å². The number of nitrogens with zero attached hydrogens (tertiary/aromatic N) is 5. The number of nitrogens with two attached hydrogens (primary N) is 1. The number of anilines is 2. The molecular weight excluding hydrogens is 602 g/mol. The van der Waals surface area contributed by atoms with Crippen LogP contribution in [0.1, 0.15) is 31.2 Å². The average Bonchev–Trinajstić information content (AvgIpc) is 3.30. The second-order valence-electron chi connectivity index (χ2n) is 12.2. The Morgan fingerprint density at radius 1 is 1.09 bits per heavy atom. The summed E-state index contributed by atoms with van der Waals surface area (Å²) >= 11 is 6.31. The quantitative estimate of drug-likeness (QED) is 0.443. The maximum atomic E-state index is 15.9. The number of likely N-dealkylation sites (tertiary alicyclic amines) is 1. The second kappa shape index (κ2) is 11.8. The first-order valence-corrected chi connectivity index (χ1v) is 16.6. The monoisotopic (exact) mass is 638 g/mol. The summed E-state index contributed by atoms with van der Waals surface area (Å²) in [5.41, 5.74) is 5.02. The number of benzene rings is 1. The van der Waals surface area contributed by atoms with Crippen molar-refractivity contribution in [3.8, 4) is 0 Å². The van der Waals surface area contributed by atoms with Crippen LogP contribution >= 0.6 is 11.6 Å². The SMILES string of the molecule is N[C@@H]1CC(=O)N(c2ccc(S(=O)(=O)N3CCN(c4cc(C[C@]5(F)CC[C@@H](N6CC(O)C6)C[C@H]5F)cc(Cl)n4)CC3)cc2)C1. The molecule has 0 unspecified atom stereocenters. The molecule has 0 spiro atoms. The van der Waals surface area contributed by atoms with Gasteiger partial charge in [-0.1, -0.05) is 11.6 Å². The molecule has 1 aromatic carbocycles. The molecule has 0 bridgehead atoms. The maximum absolute atomic E-state index is 15.9. The molecule has 4 heterocycles. The van der Waals surface area contributed by atoms with Crippen LogP contribution in [0.2, 0.25) is 5.15 Å². The van der Waals surface area contributed by atoms with E-state index in [-0.39, 0.29) is 72.9 Å². The van der Waals surface area contributed by atoms with E-state index in [1.54, 1.807) is 29.2 Å². The van der Waals surface area contributed by atoms with Gasteiger partial charge >= 0.3 is 0 Å². The lowest BCUT2D eigenvalue weighted by Crippen LogP contribution is -2.59. The predicted octanol–water partition coefficient (Wildman–Crippen LogP) is 2.13. The molecule has 3 N–H and O–H groups in total. The number of hydrogen-bond donors (Lipinski definition) is 2. The number of hydrogen-bond acceptors (Lipinski definition) is 8. The minimum absolute atomic E-state index is 0.0578. The molecule has 4 atom stereocenters. The molecular formula is C29H37ClF2N6O4S. The third-order valence-corrected chi connectivity index (χ3v) is 11.3. The fourth-order valence-corrected chi connectivity index (χ4v) is 8.32. The van der Waals surface area contributed by atoms with Gasteiger partial charge in [0.2, 0.25) is 15.9 Å². The van der Waals surface area contributed by atoms with Crippen LogP contribution in [0.5, 0.6) is 0 Å². The van der Waals surface area contributed by atoms with E-state index in [4.69, 9.17) is 17.3 Å². The Hall–Kier alpha value is -2.42. The molecule has 1 aromatic heterocycles. The minimum atomic E-state index is -3.77. The van der Waals surface area contributed by atoms with Crippen molar-refractivity contribution in [1.29, 1.82) is 0 Å². The van der Waals surface area contributed by atoms with E-state index < -0.39 is 21.9 Å². The lowest BCUT2D eigenvalue weighted by atomic mass is 9.77. The first-order valence-electron chi connectivity index (χ1n) is 14.7. The third-order valence-electron chi connectivity index (χ3n) is 9.18. The van der Waals surface area contributed by atoms with Crippen molar-refractivity contribution >= 4 is 39.0 Å². The highest BCUT2D eigenvalue weighted by atomic mass is 35.5. The Labute approximate surface area is 255 Å². The Morgan fingerprint density at radius 2 is 1.79 bits per heavy atom. The maximum Gasteiger partial charge on any atom is 0.243 e. The molecule has 1 aliphatic carbocycles. The van der Waals surface area contributed by atoms with Gasteiger partial charge in [-0.2, -0.15) is 4.31 Å². The lowest BCUT2D eigenvalue weighted by molar-refractivity contribution is -0.117. The molecule has 6 rings (SSSR count). The van der Waals surface area contributed by atoms with Crippen molar-refractivity contribution in [2.45, 2.75) is 67.0 Å². The largest absolute Gasteiger partial charge is 0.390 e. The lowest BCUT2D eigenvalue weighted by Gasteiger charge is -2.47. The summed E-state index contributed by atoms with van der Waals surface area (Å²) in [6.45, 7) is 2.53. The van der Waals surface area contributed by atoms with E-state index in [2.05, 4.69) is 4.98 Å². The van der Waals surface area contributed by atoms with Crippen molar-refractivity contribution in [2.75, 3.05) is 55.6 Å². The van der Waals surface area contributed by atoms with Crippen molar-refractivity contribution < 1.29 is 27.1 Å². The van der Waals surface area contributed by atoms with Gasteiger partial charge in [-0.15, -0.1) is 0 Å². The van der Waals surface area contributed by atoms with Gasteiger partial charge in [0.05, 0.1) is 11.0 Å². The molecule has 10 nitrogen and oxygen atoms in total. The van der Waals surface area contributed by atoms with E-state index in [9.17, 15) is 18.3 Å². The fraction of sp³-hybridized carbons (Fsp3) is 0.586. The van der Waals surface area contributed by atoms with Gasteiger partial charge in [-0.3, -0.25) is 9.69 Å². The minimum Gasteiger partial charge on any atom is -0.390 e. The zero-order valence-corrected chi connectivity index (χ0v) is 25.4. The van der Waals surface area contributed by atoms with Crippen molar-refractivity contribution in [3.63, 3.8) is 0 Å². The van der Waals surface area contributed by atoms with E-state index in [1.807, 2.05) is 9.80 Å². The van der Waals surface area contributed by atoms with Crippen LogP contribution in [-0.4, -0.2) is 109 Å². The van der Waals surface area contributed by atoms with Gasteiger partial charge in [0.15, 0.2) is 0 Å². The number of pyridine rings is 1. The Bertz CT molecular complexity index is 1460. The number of rotatable bonds is 7. The zero-order chi connectivity index (χ0) is 30.5. The van der Waals surface area contributed by atoms with Gasteiger partial charge in [0.1, 0.15) is 22.8 Å². The van der Waals surface area contributed by atoms with E-state index in [0.29, 0.717) is 56.2 Å². The summed E-state index contributed by atoms with van der Waals surface area (Å²) in [7, 11) is -3.77. The highest BCUT2D eigenvalue weighted by Crippen LogP contribution is 2.40. The van der Waals surface area contributed by atoms with Gasteiger partial charge in [-0.25, -0.2) is 22.2 Å². The Morgan fingerprint density at radius 3 is 2.40 bits per heavy atom. The Kier molecular flexibility index (Phi) is 8.42.